The fourth-order valence-electron chi connectivity index (χ4n) is 2.11. The van der Waals surface area contributed by atoms with E-state index in [2.05, 4.69) is 5.32 Å². The van der Waals surface area contributed by atoms with Crippen LogP contribution in [0.3, 0.4) is 0 Å². The van der Waals surface area contributed by atoms with Crippen molar-refractivity contribution in [1.29, 1.82) is 0 Å². The maximum absolute atomic E-state index is 12.8. The van der Waals surface area contributed by atoms with Gasteiger partial charge in [0, 0.05) is 30.3 Å². The van der Waals surface area contributed by atoms with Crippen molar-refractivity contribution < 1.29 is 18.7 Å². The molecule has 0 saturated heterocycles. The molecule has 0 aromatic heterocycles. The maximum Gasteiger partial charge on any atom is 0.231 e. The van der Waals surface area contributed by atoms with Gasteiger partial charge in [0.05, 0.1) is 0 Å². The van der Waals surface area contributed by atoms with E-state index in [1.165, 1.54) is 24.3 Å². The van der Waals surface area contributed by atoms with Crippen molar-refractivity contribution in [2.75, 3.05) is 18.7 Å². The van der Waals surface area contributed by atoms with E-state index in [1.807, 2.05) is 18.2 Å². The molecule has 0 amide bonds. The molecule has 0 radical (unpaired) electrons. The number of Topliss-reactive ketones (excluding diaryl/α,β-unsaturated/α-hetero) is 1. The van der Waals surface area contributed by atoms with E-state index in [0.29, 0.717) is 24.3 Å². The van der Waals surface area contributed by atoms with Gasteiger partial charge in [-0.05, 0) is 36.4 Å². The van der Waals surface area contributed by atoms with Gasteiger partial charge >= 0.3 is 0 Å². The van der Waals surface area contributed by atoms with E-state index in [-0.39, 0.29) is 18.4 Å². The lowest BCUT2D eigenvalue weighted by Gasteiger charge is -2.07. The Morgan fingerprint density at radius 3 is 2.67 bits per heavy atom. The Kier molecular flexibility index (Phi) is 3.73. The van der Waals surface area contributed by atoms with Crippen LogP contribution in [0.5, 0.6) is 11.5 Å². The van der Waals surface area contributed by atoms with Crippen molar-refractivity contribution in [3.05, 3.63) is 53.8 Å². The highest BCUT2D eigenvalue weighted by Gasteiger charge is 2.13. The number of carbonyl (C=O) groups is 1. The van der Waals surface area contributed by atoms with Crippen LogP contribution in [0, 0.1) is 5.82 Å². The SMILES string of the molecule is O=C(CCNc1ccc2c(c1)OCO2)c1ccc(F)cc1. The second kappa shape index (κ2) is 5.83. The Morgan fingerprint density at radius 1 is 1.10 bits per heavy atom. The lowest BCUT2D eigenvalue weighted by Crippen LogP contribution is -2.08. The largest absolute Gasteiger partial charge is 0.454 e. The zero-order valence-electron chi connectivity index (χ0n) is 11.3. The summed E-state index contributed by atoms with van der Waals surface area (Å²) < 4.78 is 23.3. The summed E-state index contributed by atoms with van der Waals surface area (Å²) in [5.41, 5.74) is 1.38. The molecular formula is C16H14FNO3. The third-order valence-electron chi connectivity index (χ3n) is 3.22. The van der Waals surface area contributed by atoms with Gasteiger partial charge in [-0.2, -0.15) is 0 Å². The number of halogens is 1. The van der Waals surface area contributed by atoms with Gasteiger partial charge in [-0.3, -0.25) is 4.79 Å². The zero-order chi connectivity index (χ0) is 14.7. The maximum atomic E-state index is 12.8. The van der Waals surface area contributed by atoms with Crippen molar-refractivity contribution in [3.8, 4) is 11.5 Å². The summed E-state index contributed by atoms with van der Waals surface area (Å²) in [5.74, 6) is 1.06. The number of ether oxygens (including phenoxy) is 2. The van der Waals surface area contributed by atoms with Crippen LogP contribution >= 0.6 is 0 Å². The molecule has 0 spiro atoms. The van der Waals surface area contributed by atoms with Gasteiger partial charge in [0.2, 0.25) is 6.79 Å². The summed E-state index contributed by atoms with van der Waals surface area (Å²) in [6.07, 6.45) is 0.333. The Morgan fingerprint density at radius 2 is 1.86 bits per heavy atom. The molecule has 5 heteroatoms. The van der Waals surface area contributed by atoms with Crippen molar-refractivity contribution in [1.82, 2.24) is 0 Å². The molecule has 21 heavy (non-hydrogen) atoms. The van der Waals surface area contributed by atoms with E-state index < -0.39 is 0 Å². The third kappa shape index (κ3) is 3.13. The second-order valence-electron chi connectivity index (χ2n) is 4.67. The zero-order valence-corrected chi connectivity index (χ0v) is 11.3. The highest BCUT2D eigenvalue weighted by atomic mass is 19.1. The molecule has 2 aromatic rings. The fraction of sp³-hybridized carbons (Fsp3) is 0.188. The summed E-state index contributed by atoms with van der Waals surface area (Å²) in [4.78, 5) is 11.9. The molecule has 108 valence electrons. The van der Waals surface area contributed by atoms with E-state index >= 15 is 0 Å². The Balaban J connectivity index is 1.54. The van der Waals surface area contributed by atoms with Gasteiger partial charge in [0.25, 0.3) is 0 Å². The van der Waals surface area contributed by atoms with Crippen LogP contribution in [0.4, 0.5) is 10.1 Å². The van der Waals surface area contributed by atoms with Crippen LogP contribution in [-0.4, -0.2) is 19.1 Å². The van der Waals surface area contributed by atoms with E-state index in [9.17, 15) is 9.18 Å². The highest BCUT2D eigenvalue weighted by molar-refractivity contribution is 5.96. The molecule has 0 unspecified atom stereocenters. The Bertz CT molecular complexity index is 655. The number of carbonyl (C=O) groups excluding carboxylic acids is 1. The first-order valence-electron chi connectivity index (χ1n) is 6.65. The minimum atomic E-state index is -0.343. The van der Waals surface area contributed by atoms with E-state index in [4.69, 9.17) is 9.47 Å². The molecule has 0 saturated carbocycles. The normalized spacial score (nSPS) is 12.2. The quantitative estimate of drug-likeness (QED) is 0.858. The number of fused-ring (bicyclic) bond motifs is 1. The first-order chi connectivity index (χ1) is 10.2. The first kappa shape index (κ1) is 13.4. The molecule has 0 atom stereocenters. The van der Waals surface area contributed by atoms with Crippen LogP contribution in [0.2, 0.25) is 0 Å². The molecule has 0 bridgehead atoms. The lowest BCUT2D eigenvalue weighted by molar-refractivity contribution is 0.0986. The molecule has 1 aliphatic rings. The van der Waals surface area contributed by atoms with Crippen molar-refractivity contribution >= 4 is 11.5 Å². The molecule has 1 N–H and O–H groups in total. The van der Waals surface area contributed by atoms with E-state index in [0.717, 1.165) is 11.4 Å². The number of rotatable bonds is 5. The molecule has 0 fully saturated rings. The van der Waals surface area contributed by atoms with Gasteiger partial charge < -0.3 is 14.8 Å². The standard InChI is InChI=1S/C16H14FNO3/c17-12-3-1-11(2-4-12)14(19)7-8-18-13-5-6-15-16(9-13)21-10-20-15/h1-6,9,18H,7-8,10H2. The molecule has 2 aromatic carbocycles. The molecule has 0 aliphatic carbocycles. The summed E-state index contributed by atoms with van der Waals surface area (Å²) >= 11 is 0. The fourth-order valence-corrected chi connectivity index (χ4v) is 2.11. The van der Waals surface area contributed by atoms with Crippen molar-refractivity contribution in [2.45, 2.75) is 6.42 Å². The third-order valence-corrected chi connectivity index (χ3v) is 3.22. The molecule has 1 aliphatic heterocycles. The number of ketones is 1. The lowest BCUT2D eigenvalue weighted by atomic mass is 10.1. The number of anilines is 1. The van der Waals surface area contributed by atoms with Crippen LogP contribution in [-0.2, 0) is 0 Å². The second-order valence-corrected chi connectivity index (χ2v) is 4.67. The minimum absolute atomic E-state index is 0.0248. The van der Waals surface area contributed by atoms with Gasteiger partial charge in [-0.1, -0.05) is 0 Å². The predicted molar refractivity (Wildman–Crippen MR) is 76.4 cm³/mol. The Labute approximate surface area is 121 Å². The van der Waals surface area contributed by atoms with Crippen LogP contribution in [0.15, 0.2) is 42.5 Å². The van der Waals surface area contributed by atoms with Crippen molar-refractivity contribution in [2.24, 2.45) is 0 Å². The van der Waals surface area contributed by atoms with Gasteiger partial charge in [0.15, 0.2) is 17.3 Å². The monoisotopic (exact) mass is 287 g/mol. The summed E-state index contributed by atoms with van der Waals surface area (Å²) in [5, 5.41) is 3.16. The first-order valence-corrected chi connectivity index (χ1v) is 6.65. The summed E-state index contributed by atoms with van der Waals surface area (Å²) in [7, 11) is 0. The van der Waals surface area contributed by atoms with Crippen LogP contribution in [0.25, 0.3) is 0 Å². The smallest absolute Gasteiger partial charge is 0.231 e. The topological polar surface area (TPSA) is 47.6 Å². The highest BCUT2D eigenvalue weighted by Crippen LogP contribution is 2.34. The molecule has 4 nitrogen and oxygen atoms in total. The molecule has 1 heterocycles. The summed E-state index contributed by atoms with van der Waals surface area (Å²) in [6.45, 7) is 0.734. The van der Waals surface area contributed by atoms with Gasteiger partial charge in [-0.25, -0.2) is 4.39 Å². The van der Waals surface area contributed by atoms with Gasteiger partial charge in [-0.15, -0.1) is 0 Å². The van der Waals surface area contributed by atoms with E-state index in [1.54, 1.807) is 0 Å². The van der Waals surface area contributed by atoms with Crippen LogP contribution < -0.4 is 14.8 Å². The Hall–Kier alpha value is -2.56. The average molecular weight is 287 g/mol. The number of benzene rings is 2. The number of nitrogens with one attached hydrogen (secondary N) is 1. The van der Waals surface area contributed by atoms with Gasteiger partial charge in [0.1, 0.15) is 5.82 Å². The van der Waals surface area contributed by atoms with Crippen LogP contribution in [0.1, 0.15) is 16.8 Å². The summed E-state index contributed by atoms with van der Waals surface area (Å²) in [6, 6.07) is 11.1. The number of hydrogen-bond donors (Lipinski definition) is 1. The minimum Gasteiger partial charge on any atom is -0.454 e. The predicted octanol–water partition coefficient (Wildman–Crippen LogP) is 3.24. The van der Waals surface area contributed by atoms with Crippen molar-refractivity contribution in [3.63, 3.8) is 0 Å². The molecule has 3 rings (SSSR count). The number of hydrogen-bond acceptors (Lipinski definition) is 4. The average Bonchev–Trinajstić information content (AvgIpc) is 2.95. The molecular weight excluding hydrogens is 273 g/mol.